The number of hydrogen-bond acceptors (Lipinski definition) is 7. The first-order valence-corrected chi connectivity index (χ1v) is 8.63. The van der Waals surface area contributed by atoms with Crippen LogP contribution >= 0.6 is 0 Å². The van der Waals surface area contributed by atoms with Gasteiger partial charge in [0.05, 0.1) is 13.2 Å². The SMILES string of the molecule is CCO[Si](CCCOCC1CO1)(OC(C)=O)OC(C)=O. The van der Waals surface area contributed by atoms with E-state index in [1.807, 2.05) is 0 Å². The van der Waals surface area contributed by atoms with E-state index in [1.54, 1.807) is 6.92 Å². The van der Waals surface area contributed by atoms with E-state index in [-0.39, 0.29) is 6.10 Å². The summed E-state index contributed by atoms with van der Waals surface area (Å²) < 4.78 is 26.3. The Kier molecular flexibility index (Phi) is 7.14. The zero-order valence-corrected chi connectivity index (χ0v) is 13.2. The van der Waals surface area contributed by atoms with Gasteiger partial charge >= 0.3 is 8.80 Å². The topological polar surface area (TPSA) is 83.6 Å². The highest BCUT2D eigenvalue weighted by molar-refractivity contribution is 6.64. The van der Waals surface area contributed by atoms with Crippen LogP contribution in [0.3, 0.4) is 0 Å². The monoisotopic (exact) mass is 306 g/mol. The molecular formula is C12H22O7Si. The molecule has 116 valence electrons. The Labute approximate surface area is 119 Å². The lowest BCUT2D eigenvalue weighted by Gasteiger charge is -2.26. The lowest BCUT2D eigenvalue weighted by molar-refractivity contribution is -0.143. The standard InChI is InChI=1S/C12H22O7Si/c1-4-17-20(18-10(2)13,19-11(3)14)7-5-6-15-8-12-9-16-12/h12H,4-9H2,1-3H3. The molecular weight excluding hydrogens is 284 g/mol. The van der Waals surface area contributed by atoms with Crippen LogP contribution in [0.25, 0.3) is 0 Å². The van der Waals surface area contributed by atoms with E-state index >= 15 is 0 Å². The van der Waals surface area contributed by atoms with Gasteiger partial charge in [0.2, 0.25) is 0 Å². The maximum absolute atomic E-state index is 11.2. The van der Waals surface area contributed by atoms with Crippen LogP contribution in [0.15, 0.2) is 0 Å². The number of carbonyl (C=O) groups is 2. The average Bonchev–Trinajstić information content (AvgIpc) is 3.10. The second-order valence-corrected chi connectivity index (χ2v) is 7.00. The fourth-order valence-electron chi connectivity index (χ4n) is 1.68. The predicted octanol–water partition coefficient (Wildman–Crippen LogP) is 0.893. The molecule has 7 nitrogen and oxygen atoms in total. The number of hydrogen-bond donors (Lipinski definition) is 0. The molecule has 0 bridgehead atoms. The van der Waals surface area contributed by atoms with Gasteiger partial charge in [0, 0.05) is 33.1 Å². The Bertz CT molecular complexity index is 314. The molecule has 0 aliphatic carbocycles. The van der Waals surface area contributed by atoms with Crippen molar-refractivity contribution in [3.05, 3.63) is 0 Å². The number of ether oxygens (including phenoxy) is 2. The lowest BCUT2D eigenvalue weighted by Crippen LogP contribution is -2.48. The summed E-state index contributed by atoms with van der Waals surface area (Å²) in [5.41, 5.74) is 0. The minimum absolute atomic E-state index is 0.214. The summed E-state index contributed by atoms with van der Waals surface area (Å²) in [6.45, 7) is 6.39. The maximum Gasteiger partial charge on any atom is 0.636 e. The van der Waals surface area contributed by atoms with Gasteiger partial charge in [-0.05, 0) is 13.3 Å². The second kappa shape index (κ2) is 8.35. The zero-order chi connectivity index (χ0) is 15.0. The fraction of sp³-hybridized carbons (Fsp3) is 0.833. The first-order chi connectivity index (χ1) is 9.47. The molecule has 1 rings (SSSR count). The minimum Gasteiger partial charge on any atom is -0.464 e. The molecule has 1 fully saturated rings. The summed E-state index contributed by atoms with van der Waals surface area (Å²) in [5, 5.41) is 0. The second-order valence-electron chi connectivity index (χ2n) is 4.44. The molecule has 8 heteroatoms. The summed E-state index contributed by atoms with van der Waals surface area (Å²) >= 11 is 0. The Balaban J connectivity index is 2.43. The third-order valence-electron chi connectivity index (χ3n) is 2.44. The molecule has 0 spiro atoms. The van der Waals surface area contributed by atoms with Crippen molar-refractivity contribution in [3.8, 4) is 0 Å². The number of carbonyl (C=O) groups excluding carboxylic acids is 2. The van der Waals surface area contributed by atoms with Crippen molar-refractivity contribution < 1.29 is 32.3 Å². The van der Waals surface area contributed by atoms with Gasteiger partial charge in [-0.1, -0.05) is 0 Å². The van der Waals surface area contributed by atoms with E-state index < -0.39 is 20.7 Å². The fourth-order valence-corrected chi connectivity index (χ4v) is 4.08. The molecule has 1 heterocycles. The van der Waals surface area contributed by atoms with Gasteiger partial charge in [0.25, 0.3) is 11.9 Å². The van der Waals surface area contributed by atoms with Gasteiger partial charge in [0.1, 0.15) is 6.10 Å². The van der Waals surface area contributed by atoms with E-state index in [4.69, 9.17) is 22.8 Å². The molecule has 0 aromatic carbocycles. The molecule has 1 aliphatic rings. The van der Waals surface area contributed by atoms with Crippen molar-refractivity contribution in [1.82, 2.24) is 0 Å². The van der Waals surface area contributed by atoms with Crippen LogP contribution in [-0.4, -0.2) is 53.3 Å². The van der Waals surface area contributed by atoms with Crippen LogP contribution in [0.5, 0.6) is 0 Å². The highest BCUT2D eigenvalue weighted by Crippen LogP contribution is 2.19. The van der Waals surface area contributed by atoms with Crippen molar-refractivity contribution in [2.24, 2.45) is 0 Å². The van der Waals surface area contributed by atoms with Crippen LogP contribution in [0.2, 0.25) is 6.04 Å². The first kappa shape index (κ1) is 17.1. The van der Waals surface area contributed by atoms with Gasteiger partial charge in [0.15, 0.2) is 0 Å². The molecule has 0 amide bonds. The van der Waals surface area contributed by atoms with E-state index in [0.29, 0.717) is 32.3 Å². The molecule has 1 aliphatic heterocycles. The van der Waals surface area contributed by atoms with Gasteiger partial charge in [-0.25, -0.2) is 0 Å². The summed E-state index contributed by atoms with van der Waals surface area (Å²) in [6, 6.07) is 0.353. The van der Waals surface area contributed by atoms with E-state index in [0.717, 1.165) is 6.61 Å². The molecule has 0 radical (unpaired) electrons. The smallest absolute Gasteiger partial charge is 0.464 e. The summed E-state index contributed by atoms with van der Waals surface area (Å²) in [6.07, 6.45) is 0.797. The van der Waals surface area contributed by atoms with Gasteiger partial charge < -0.3 is 22.8 Å². The van der Waals surface area contributed by atoms with E-state index in [1.165, 1.54) is 13.8 Å². The number of rotatable bonds is 10. The molecule has 0 saturated carbocycles. The van der Waals surface area contributed by atoms with Crippen molar-refractivity contribution >= 4 is 20.7 Å². The van der Waals surface area contributed by atoms with Gasteiger partial charge in [-0.3, -0.25) is 9.59 Å². The summed E-state index contributed by atoms with van der Waals surface area (Å²) in [7, 11) is -3.29. The quantitative estimate of drug-likeness (QED) is 0.337. The van der Waals surface area contributed by atoms with Crippen LogP contribution in [0, 0.1) is 0 Å². The third kappa shape index (κ3) is 6.99. The van der Waals surface area contributed by atoms with E-state index in [2.05, 4.69) is 0 Å². The average molecular weight is 306 g/mol. The number of epoxide rings is 1. The lowest BCUT2D eigenvalue weighted by atomic mass is 10.5. The molecule has 1 unspecified atom stereocenters. The van der Waals surface area contributed by atoms with Crippen LogP contribution in [-0.2, 0) is 32.3 Å². The predicted molar refractivity (Wildman–Crippen MR) is 70.9 cm³/mol. The minimum atomic E-state index is -3.29. The van der Waals surface area contributed by atoms with Crippen LogP contribution in [0.1, 0.15) is 27.2 Å². The maximum atomic E-state index is 11.2. The molecule has 20 heavy (non-hydrogen) atoms. The van der Waals surface area contributed by atoms with Crippen molar-refractivity contribution in [3.63, 3.8) is 0 Å². The molecule has 0 aromatic heterocycles. The Morgan fingerprint density at radius 1 is 1.25 bits per heavy atom. The molecule has 0 aromatic rings. The summed E-state index contributed by atoms with van der Waals surface area (Å²) in [4.78, 5) is 22.4. The third-order valence-corrected chi connectivity index (χ3v) is 5.33. The van der Waals surface area contributed by atoms with Crippen molar-refractivity contribution in [2.75, 3.05) is 26.4 Å². The molecule has 0 N–H and O–H groups in total. The highest BCUT2D eigenvalue weighted by atomic mass is 28.4. The van der Waals surface area contributed by atoms with Gasteiger partial charge in [-0.15, -0.1) is 0 Å². The zero-order valence-electron chi connectivity index (χ0n) is 12.2. The highest BCUT2D eigenvalue weighted by Gasteiger charge is 2.47. The van der Waals surface area contributed by atoms with E-state index in [9.17, 15) is 9.59 Å². The van der Waals surface area contributed by atoms with Gasteiger partial charge in [-0.2, -0.15) is 0 Å². The first-order valence-electron chi connectivity index (χ1n) is 6.70. The Morgan fingerprint density at radius 3 is 2.30 bits per heavy atom. The molecule has 1 saturated heterocycles. The normalized spacial score (nSPS) is 17.6. The van der Waals surface area contributed by atoms with Crippen molar-refractivity contribution in [2.45, 2.75) is 39.3 Å². The van der Waals surface area contributed by atoms with Crippen molar-refractivity contribution in [1.29, 1.82) is 0 Å². The Hall–Kier alpha value is -0.963. The largest absolute Gasteiger partial charge is 0.636 e. The summed E-state index contributed by atoms with van der Waals surface area (Å²) in [5.74, 6) is -1.03. The molecule has 1 atom stereocenters. The Morgan fingerprint density at radius 2 is 1.85 bits per heavy atom. The van der Waals surface area contributed by atoms with Crippen LogP contribution in [0.4, 0.5) is 0 Å². The van der Waals surface area contributed by atoms with Crippen LogP contribution < -0.4 is 0 Å².